The van der Waals surface area contributed by atoms with Gasteiger partial charge in [0, 0.05) is 19.5 Å². The van der Waals surface area contributed by atoms with Crippen molar-refractivity contribution in [3.05, 3.63) is 0 Å². The average Bonchev–Trinajstić information content (AvgIpc) is 2.04. The molecule has 0 radical (unpaired) electrons. The first-order valence-corrected chi connectivity index (χ1v) is 3.70. The molecule has 0 amide bonds. The molecule has 1 unspecified atom stereocenters. The van der Waals surface area contributed by atoms with Crippen molar-refractivity contribution in [2.45, 2.75) is 19.4 Å². The van der Waals surface area contributed by atoms with Crippen molar-refractivity contribution in [3.63, 3.8) is 0 Å². The van der Waals surface area contributed by atoms with Crippen LogP contribution in [0.4, 0.5) is 0 Å². The van der Waals surface area contributed by atoms with Gasteiger partial charge < -0.3 is 15.5 Å². The first-order valence-electron chi connectivity index (χ1n) is 3.70. The zero-order valence-corrected chi connectivity index (χ0v) is 6.80. The van der Waals surface area contributed by atoms with Gasteiger partial charge in [-0.15, -0.1) is 11.8 Å². The molecule has 0 saturated heterocycles. The largest absolute Gasteiger partial charge is 0.394 e. The summed E-state index contributed by atoms with van der Waals surface area (Å²) in [5.41, 5.74) is 0. The molecule has 0 saturated carbocycles. The lowest BCUT2D eigenvalue weighted by atomic mass is 10.3. The van der Waals surface area contributed by atoms with E-state index in [2.05, 4.69) is 17.2 Å². The van der Waals surface area contributed by atoms with E-state index in [9.17, 15) is 0 Å². The molecule has 0 bridgehead atoms. The predicted molar refractivity (Wildman–Crippen MR) is 44.0 cm³/mol. The molecule has 1 atom stereocenters. The topological polar surface area (TPSA) is 52.5 Å². The third-order valence-corrected chi connectivity index (χ3v) is 1.19. The van der Waals surface area contributed by atoms with Crippen molar-refractivity contribution in [1.29, 1.82) is 0 Å². The number of nitrogens with one attached hydrogen (secondary N) is 1. The molecule has 0 spiro atoms. The second-order valence-electron chi connectivity index (χ2n) is 2.22. The molecule has 0 aliphatic heterocycles. The minimum absolute atomic E-state index is 0.188. The number of rotatable bonds is 5. The summed E-state index contributed by atoms with van der Waals surface area (Å²) in [6.07, 6.45) is 0.138. The van der Waals surface area contributed by atoms with E-state index in [1.54, 1.807) is 6.92 Å². The van der Waals surface area contributed by atoms with E-state index in [1.807, 2.05) is 0 Å². The van der Waals surface area contributed by atoms with Crippen molar-refractivity contribution < 1.29 is 10.2 Å². The summed E-state index contributed by atoms with van der Waals surface area (Å²) in [5, 5.41) is 20.2. The first-order chi connectivity index (χ1) is 5.31. The Balaban J connectivity index is 3.05. The SMILES string of the molecule is CC#CCCNCC(O)CO. The molecule has 3 nitrogen and oxygen atoms in total. The molecule has 11 heavy (non-hydrogen) atoms. The van der Waals surface area contributed by atoms with E-state index in [-0.39, 0.29) is 6.61 Å². The third kappa shape index (κ3) is 7.34. The standard InChI is InChI=1S/C8H15NO2/c1-2-3-4-5-9-6-8(11)7-10/h8-11H,4-7H2,1H3. The summed E-state index contributed by atoms with van der Waals surface area (Å²) in [5.74, 6) is 5.65. The summed E-state index contributed by atoms with van der Waals surface area (Å²) in [6.45, 7) is 2.80. The van der Waals surface area contributed by atoms with Gasteiger partial charge in [-0.3, -0.25) is 0 Å². The monoisotopic (exact) mass is 157 g/mol. The lowest BCUT2D eigenvalue weighted by Crippen LogP contribution is -2.29. The average molecular weight is 157 g/mol. The Hall–Kier alpha value is -0.560. The fourth-order valence-electron chi connectivity index (χ4n) is 0.609. The lowest BCUT2D eigenvalue weighted by Gasteiger charge is -2.06. The van der Waals surface area contributed by atoms with Gasteiger partial charge in [-0.05, 0) is 6.92 Å². The summed E-state index contributed by atoms with van der Waals surface area (Å²) in [6, 6.07) is 0. The Morgan fingerprint density at radius 1 is 1.55 bits per heavy atom. The van der Waals surface area contributed by atoms with Gasteiger partial charge in [0.2, 0.25) is 0 Å². The molecule has 0 aliphatic carbocycles. The highest BCUT2D eigenvalue weighted by Gasteiger charge is 1.98. The molecule has 0 aromatic heterocycles. The minimum Gasteiger partial charge on any atom is -0.394 e. The lowest BCUT2D eigenvalue weighted by molar-refractivity contribution is 0.0948. The molecule has 0 aromatic carbocycles. The van der Waals surface area contributed by atoms with Crippen LogP contribution in [0.15, 0.2) is 0 Å². The van der Waals surface area contributed by atoms with Gasteiger partial charge in [0.1, 0.15) is 0 Å². The van der Waals surface area contributed by atoms with E-state index < -0.39 is 6.10 Å². The van der Waals surface area contributed by atoms with Crippen LogP contribution >= 0.6 is 0 Å². The Morgan fingerprint density at radius 2 is 2.27 bits per heavy atom. The van der Waals surface area contributed by atoms with Crippen molar-refractivity contribution >= 4 is 0 Å². The van der Waals surface area contributed by atoms with Crippen LogP contribution in [0.3, 0.4) is 0 Å². The van der Waals surface area contributed by atoms with Crippen LogP contribution < -0.4 is 5.32 Å². The van der Waals surface area contributed by atoms with Crippen LogP contribution in [-0.2, 0) is 0 Å². The zero-order chi connectivity index (χ0) is 8.53. The van der Waals surface area contributed by atoms with Crippen LogP contribution in [0.2, 0.25) is 0 Å². The quantitative estimate of drug-likeness (QED) is 0.367. The van der Waals surface area contributed by atoms with Gasteiger partial charge in [0.05, 0.1) is 12.7 Å². The Labute approximate surface area is 67.4 Å². The molecule has 3 N–H and O–H groups in total. The molecular formula is C8H15NO2. The molecule has 0 heterocycles. The fraction of sp³-hybridized carbons (Fsp3) is 0.750. The number of hydrogen-bond acceptors (Lipinski definition) is 3. The molecule has 0 fully saturated rings. The maximum absolute atomic E-state index is 8.87. The van der Waals surface area contributed by atoms with Crippen LogP contribution in [-0.4, -0.2) is 36.0 Å². The van der Waals surface area contributed by atoms with Crippen molar-refractivity contribution in [3.8, 4) is 11.8 Å². The first kappa shape index (κ1) is 10.4. The van der Waals surface area contributed by atoms with Crippen LogP contribution in [0.25, 0.3) is 0 Å². The Morgan fingerprint density at radius 3 is 2.82 bits per heavy atom. The van der Waals surface area contributed by atoms with Gasteiger partial charge >= 0.3 is 0 Å². The van der Waals surface area contributed by atoms with Crippen LogP contribution in [0, 0.1) is 11.8 Å². The van der Waals surface area contributed by atoms with Crippen LogP contribution in [0.5, 0.6) is 0 Å². The van der Waals surface area contributed by atoms with Crippen molar-refractivity contribution in [1.82, 2.24) is 5.32 Å². The third-order valence-electron chi connectivity index (χ3n) is 1.19. The van der Waals surface area contributed by atoms with Gasteiger partial charge in [-0.2, -0.15) is 0 Å². The highest BCUT2D eigenvalue weighted by molar-refractivity contribution is 4.95. The Kier molecular flexibility index (Phi) is 7.16. The molecule has 0 aromatic rings. The predicted octanol–water partition coefficient (Wildman–Crippen LogP) is -0.657. The molecule has 0 aliphatic rings. The summed E-state index contributed by atoms with van der Waals surface area (Å²) in [7, 11) is 0. The maximum atomic E-state index is 8.87. The van der Waals surface area contributed by atoms with E-state index in [0.29, 0.717) is 6.54 Å². The van der Waals surface area contributed by atoms with Gasteiger partial charge in [-0.1, -0.05) is 0 Å². The second kappa shape index (κ2) is 7.55. The highest BCUT2D eigenvalue weighted by atomic mass is 16.3. The Bertz CT molecular complexity index is 137. The minimum atomic E-state index is -0.649. The van der Waals surface area contributed by atoms with Crippen LogP contribution in [0.1, 0.15) is 13.3 Å². The number of hydrogen-bond donors (Lipinski definition) is 3. The zero-order valence-electron chi connectivity index (χ0n) is 6.80. The van der Waals surface area contributed by atoms with E-state index >= 15 is 0 Å². The summed E-state index contributed by atoms with van der Waals surface area (Å²) >= 11 is 0. The molecule has 0 rings (SSSR count). The number of aliphatic hydroxyl groups excluding tert-OH is 2. The van der Waals surface area contributed by atoms with E-state index in [1.165, 1.54) is 0 Å². The normalized spacial score (nSPS) is 11.9. The molecular weight excluding hydrogens is 142 g/mol. The van der Waals surface area contributed by atoms with Crippen molar-refractivity contribution in [2.24, 2.45) is 0 Å². The maximum Gasteiger partial charge on any atom is 0.0894 e. The smallest absolute Gasteiger partial charge is 0.0894 e. The number of aliphatic hydroxyl groups is 2. The summed E-state index contributed by atoms with van der Waals surface area (Å²) in [4.78, 5) is 0. The van der Waals surface area contributed by atoms with Gasteiger partial charge in [0.15, 0.2) is 0 Å². The molecule has 64 valence electrons. The summed E-state index contributed by atoms with van der Waals surface area (Å²) < 4.78 is 0. The highest BCUT2D eigenvalue weighted by Crippen LogP contribution is 1.77. The second-order valence-corrected chi connectivity index (χ2v) is 2.22. The molecule has 3 heteroatoms. The van der Waals surface area contributed by atoms with Crippen molar-refractivity contribution in [2.75, 3.05) is 19.7 Å². The van der Waals surface area contributed by atoms with E-state index in [4.69, 9.17) is 10.2 Å². The van der Waals surface area contributed by atoms with E-state index in [0.717, 1.165) is 13.0 Å². The van der Waals surface area contributed by atoms with Gasteiger partial charge in [0.25, 0.3) is 0 Å². The fourth-order valence-corrected chi connectivity index (χ4v) is 0.609. The van der Waals surface area contributed by atoms with Gasteiger partial charge in [-0.25, -0.2) is 0 Å².